The van der Waals surface area contributed by atoms with Crippen molar-refractivity contribution >= 4 is 17.2 Å². The van der Waals surface area contributed by atoms with Crippen LogP contribution < -0.4 is 0 Å². The first-order valence-corrected chi connectivity index (χ1v) is 9.46. The first-order valence-electron chi connectivity index (χ1n) is 8.58. The van der Waals surface area contributed by atoms with Crippen molar-refractivity contribution in [3.8, 4) is 11.3 Å². The largest absolute Gasteiger partial charge is 0.335 e. The van der Waals surface area contributed by atoms with Gasteiger partial charge in [0, 0.05) is 36.3 Å². The number of aryl methyl sites for hydroxylation is 1. The number of likely N-dealkylation sites (tertiary alicyclic amines) is 1. The van der Waals surface area contributed by atoms with Crippen molar-refractivity contribution < 1.29 is 9.18 Å². The molecule has 1 fully saturated rings. The number of nitrogens with zero attached hydrogens (tertiary/aromatic N) is 4. The van der Waals surface area contributed by atoms with Crippen LogP contribution >= 0.6 is 11.3 Å². The summed E-state index contributed by atoms with van der Waals surface area (Å²) in [7, 11) is 1.89. The average molecular weight is 370 g/mol. The molecule has 0 bridgehead atoms. The summed E-state index contributed by atoms with van der Waals surface area (Å²) in [6.45, 7) is 0.772. The van der Waals surface area contributed by atoms with Crippen LogP contribution in [0.3, 0.4) is 0 Å². The summed E-state index contributed by atoms with van der Waals surface area (Å²) in [6.07, 6.45) is 6.08. The van der Waals surface area contributed by atoms with Gasteiger partial charge >= 0.3 is 0 Å². The Balaban J connectivity index is 1.47. The fourth-order valence-electron chi connectivity index (χ4n) is 3.40. The summed E-state index contributed by atoms with van der Waals surface area (Å²) in [5.74, 6) is -0.175. The number of amides is 1. The third kappa shape index (κ3) is 3.39. The standard InChI is InChI=1S/C19H19FN4OS/c1-23-11-14(10-21-23)17-3-2-8-24(17)19(25)9-18-22-16(12-26-18)13-4-6-15(20)7-5-13/h4-7,10-12,17H,2-3,8-9H2,1H3. The van der Waals surface area contributed by atoms with Crippen molar-refractivity contribution in [3.05, 3.63) is 58.4 Å². The Morgan fingerprint density at radius 1 is 1.35 bits per heavy atom. The molecule has 1 aliphatic rings. The molecular weight excluding hydrogens is 351 g/mol. The van der Waals surface area contributed by atoms with E-state index in [0.717, 1.165) is 41.2 Å². The van der Waals surface area contributed by atoms with E-state index < -0.39 is 0 Å². The van der Waals surface area contributed by atoms with E-state index in [9.17, 15) is 9.18 Å². The van der Waals surface area contributed by atoms with E-state index in [1.54, 1.807) is 16.8 Å². The molecule has 5 nitrogen and oxygen atoms in total. The van der Waals surface area contributed by atoms with Gasteiger partial charge in [0.1, 0.15) is 10.8 Å². The molecule has 3 aromatic rings. The zero-order valence-corrected chi connectivity index (χ0v) is 15.2. The molecule has 1 atom stereocenters. The van der Waals surface area contributed by atoms with Gasteiger partial charge in [-0.1, -0.05) is 0 Å². The Hall–Kier alpha value is -2.54. The Bertz CT molecular complexity index is 918. The summed E-state index contributed by atoms with van der Waals surface area (Å²) < 4.78 is 14.8. The van der Waals surface area contributed by atoms with Gasteiger partial charge in [-0.3, -0.25) is 9.48 Å². The summed E-state index contributed by atoms with van der Waals surface area (Å²) in [5, 5.41) is 6.92. The maximum Gasteiger partial charge on any atom is 0.229 e. The maximum atomic E-state index is 13.1. The van der Waals surface area contributed by atoms with Gasteiger partial charge in [-0.15, -0.1) is 11.3 Å². The first-order chi connectivity index (χ1) is 12.6. The highest BCUT2D eigenvalue weighted by Crippen LogP contribution is 2.32. The second-order valence-corrected chi connectivity index (χ2v) is 7.45. The molecular formula is C19H19FN4OS. The summed E-state index contributed by atoms with van der Waals surface area (Å²) in [5.41, 5.74) is 2.73. The van der Waals surface area contributed by atoms with Gasteiger partial charge in [0.2, 0.25) is 5.91 Å². The van der Waals surface area contributed by atoms with Crippen molar-refractivity contribution in [2.75, 3.05) is 6.54 Å². The van der Waals surface area contributed by atoms with Crippen LogP contribution in [0.2, 0.25) is 0 Å². The van der Waals surface area contributed by atoms with Gasteiger partial charge < -0.3 is 4.90 Å². The van der Waals surface area contributed by atoms with Crippen LogP contribution in [0.5, 0.6) is 0 Å². The number of benzene rings is 1. The molecule has 0 saturated carbocycles. The van der Waals surface area contributed by atoms with Crippen LogP contribution in [0.25, 0.3) is 11.3 Å². The Morgan fingerprint density at radius 3 is 2.88 bits per heavy atom. The van der Waals surface area contributed by atoms with Gasteiger partial charge in [0.25, 0.3) is 0 Å². The fourth-order valence-corrected chi connectivity index (χ4v) is 4.19. The van der Waals surface area contributed by atoms with E-state index in [-0.39, 0.29) is 17.8 Å². The summed E-state index contributed by atoms with van der Waals surface area (Å²) in [4.78, 5) is 19.3. The van der Waals surface area contributed by atoms with E-state index in [1.807, 2.05) is 29.7 Å². The van der Waals surface area contributed by atoms with E-state index >= 15 is 0 Å². The van der Waals surface area contributed by atoms with Crippen molar-refractivity contribution in [2.24, 2.45) is 7.05 Å². The number of halogens is 1. The number of hydrogen-bond donors (Lipinski definition) is 0. The molecule has 3 heterocycles. The van der Waals surface area contributed by atoms with Crippen LogP contribution in [0.1, 0.15) is 29.5 Å². The quantitative estimate of drug-likeness (QED) is 0.705. The van der Waals surface area contributed by atoms with Crippen molar-refractivity contribution in [1.82, 2.24) is 19.7 Å². The first kappa shape index (κ1) is 16.9. The van der Waals surface area contributed by atoms with Crippen molar-refractivity contribution in [3.63, 3.8) is 0 Å². The lowest BCUT2D eigenvalue weighted by molar-refractivity contribution is -0.131. The van der Waals surface area contributed by atoms with E-state index in [4.69, 9.17) is 0 Å². The highest BCUT2D eigenvalue weighted by Gasteiger charge is 2.31. The fraction of sp³-hybridized carbons (Fsp3) is 0.316. The van der Waals surface area contributed by atoms with Crippen LogP contribution in [0.4, 0.5) is 4.39 Å². The van der Waals surface area contributed by atoms with Crippen LogP contribution in [-0.4, -0.2) is 32.1 Å². The molecule has 7 heteroatoms. The number of thiazole rings is 1. The monoisotopic (exact) mass is 370 g/mol. The molecule has 1 aromatic carbocycles. The lowest BCUT2D eigenvalue weighted by Gasteiger charge is -2.23. The van der Waals surface area contributed by atoms with E-state index in [2.05, 4.69) is 10.1 Å². The minimum atomic E-state index is -0.269. The van der Waals surface area contributed by atoms with Crippen molar-refractivity contribution in [1.29, 1.82) is 0 Å². The molecule has 1 amide bonds. The van der Waals surface area contributed by atoms with Gasteiger partial charge in [-0.25, -0.2) is 9.37 Å². The average Bonchev–Trinajstić information content (AvgIpc) is 3.35. The second kappa shape index (κ2) is 6.99. The van der Waals surface area contributed by atoms with Crippen molar-refractivity contribution in [2.45, 2.75) is 25.3 Å². The Morgan fingerprint density at radius 2 is 2.15 bits per heavy atom. The molecule has 0 spiro atoms. The normalized spacial score (nSPS) is 17.0. The zero-order chi connectivity index (χ0) is 18.1. The summed E-state index contributed by atoms with van der Waals surface area (Å²) in [6, 6.07) is 6.35. The third-order valence-corrected chi connectivity index (χ3v) is 5.53. The molecule has 1 saturated heterocycles. The highest BCUT2D eigenvalue weighted by molar-refractivity contribution is 7.10. The maximum absolute atomic E-state index is 13.1. The molecule has 1 aliphatic heterocycles. The molecule has 0 aliphatic carbocycles. The number of carbonyl (C=O) groups excluding carboxylic acids is 1. The molecule has 26 heavy (non-hydrogen) atoms. The Labute approximate surface area is 155 Å². The van der Waals surface area contributed by atoms with Crippen LogP contribution in [-0.2, 0) is 18.3 Å². The number of aromatic nitrogens is 3. The van der Waals surface area contributed by atoms with Crippen LogP contribution in [0, 0.1) is 5.82 Å². The zero-order valence-electron chi connectivity index (χ0n) is 14.4. The molecule has 1 unspecified atom stereocenters. The molecule has 0 N–H and O–H groups in total. The Kier molecular flexibility index (Phi) is 4.55. The lowest BCUT2D eigenvalue weighted by atomic mass is 10.1. The topological polar surface area (TPSA) is 51.0 Å². The van der Waals surface area contributed by atoms with E-state index in [0.29, 0.717) is 6.42 Å². The SMILES string of the molecule is Cn1cc(C2CCCN2C(=O)Cc2nc(-c3ccc(F)cc3)cs2)cn1. The van der Waals surface area contributed by atoms with Crippen LogP contribution in [0.15, 0.2) is 42.0 Å². The van der Waals surface area contributed by atoms with Gasteiger partial charge in [0.05, 0.1) is 24.4 Å². The van der Waals surface area contributed by atoms with Gasteiger partial charge in [-0.2, -0.15) is 5.10 Å². The predicted molar refractivity (Wildman–Crippen MR) is 98.1 cm³/mol. The number of rotatable bonds is 4. The van der Waals surface area contributed by atoms with Gasteiger partial charge in [-0.05, 0) is 37.1 Å². The summed E-state index contributed by atoms with van der Waals surface area (Å²) >= 11 is 1.47. The number of hydrogen-bond acceptors (Lipinski definition) is 4. The minimum Gasteiger partial charge on any atom is -0.335 e. The molecule has 134 valence electrons. The smallest absolute Gasteiger partial charge is 0.229 e. The third-order valence-electron chi connectivity index (χ3n) is 4.68. The highest BCUT2D eigenvalue weighted by atomic mass is 32.1. The number of carbonyl (C=O) groups is 1. The molecule has 2 aromatic heterocycles. The predicted octanol–water partition coefficient (Wildman–Crippen LogP) is 3.59. The van der Waals surface area contributed by atoms with E-state index in [1.165, 1.54) is 23.5 Å². The second-order valence-electron chi connectivity index (χ2n) is 6.50. The lowest BCUT2D eigenvalue weighted by Crippen LogP contribution is -2.31. The van der Waals surface area contributed by atoms with Gasteiger partial charge in [0.15, 0.2) is 0 Å². The molecule has 0 radical (unpaired) electrons. The minimum absolute atomic E-state index is 0.0939. The molecule has 4 rings (SSSR count).